The molecular weight excluding hydrogens is 256 g/mol. The summed E-state index contributed by atoms with van der Waals surface area (Å²) in [5.41, 5.74) is 0.966. The minimum Gasteiger partial charge on any atom is -0.385 e. The van der Waals surface area contributed by atoms with Crippen molar-refractivity contribution in [2.45, 2.75) is 39.7 Å². The number of aliphatic imine (C=N–C) groups is 1. The van der Waals surface area contributed by atoms with Gasteiger partial charge in [-0.25, -0.2) is 4.99 Å². The molecule has 0 amide bonds. The van der Waals surface area contributed by atoms with Gasteiger partial charge in [-0.2, -0.15) is 0 Å². The molecule has 1 rings (SSSR count). The summed E-state index contributed by atoms with van der Waals surface area (Å²) in [7, 11) is 1.70. The lowest BCUT2D eigenvalue weighted by molar-refractivity contribution is 0.195. The van der Waals surface area contributed by atoms with Crippen molar-refractivity contribution in [2.75, 3.05) is 26.8 Å². The molecule has 6 heteroatoms. The fourth-order valence-corrected chi connectivity index (χ4v) is 1.60. The Morgan fingerprint density at radius 2 is 2.25 bits per heavy atom. The van der Waals surface area contributed by atoms with Crippen LogP contribution in [0.4, 0.5) is 0 Å². The first kappa shape index (κ1) is 16.5. The standard InChI is InChI=1S/C14H26N4O2/c1-5-15-14(16-7-6-8-19-4)17-10-12-9-13(11(2)3)18-20-12/h9,11H,5-8,10H2,1-4H3,(H2,15,16,17). The number of guanidine groups is 1. The monoisotopic (exact) mass is 282 g/mol. The summed E-state index contributed by atoms with van der Waals surface area (Å²) in [5.74, 6) is 1.94. The third kappa shape index (κ3) is 6.06. The van der Waals surface area contributed by atoms with E-state index in [4.69, 9.17) is 9.26 Å². The van der Waals surface area contributed by atoms with Crippen LogP contribution < -0.4 is 10.6 Å². The Balaban J connectivity index is 2.47. The number of ether oxygens (including phenoxy) is 1. The Hall–Kier alpha value is -1.56. The first-order chi connectivity index (χ1) is 9.67. The van der Waals surface area contributed by atoms with Crippen LogP contribution in [-0.2, 0) is 11.3 Å². The fraction of sp³-hybridized carbons (Fsp3) is 0.714. The number of rotatable bonds is 8. The van der Waals surface area contributed by atoms with E-state index in [2.05, 4.69) is 34.6 Å². The van der Waals surface area contributed by atoms with E-state index in [-0.39, 0.29) is 0 Å². The lowest BCUT2D eigenvalue weighted by atomic mass is 10.1. The molecular formula is C14H26N4O2. The van der Waals surface area contributed by atoms with Crippen molar-refractivity contribution in [3.8, 4) is 0 Å². The predicted octanol–water partition coefficient (Wildman–Crippen LogP) is 1.89. The Morgan fingerprint density at radius 1 is 1.45 bits per heavy atom. The third-order valence-electron chi connectivity index (χ3n) is 2.72. The van der Waals surface area contributed by atoms with Crippen LogP contribution in [0, 0.1) is 0 Å². The van der Waals surface area contributed by atoms with Crippen LogP contribution in [0.5, 0.6) is 0 Å². The van der Waals surface area contributed by atoms with Gasteiger partial charge < -0.3 is 19.9 Å². The first-order valence-corrected chi connectivity index (χ1v) is 7.14. The highest BCUT2D eigenvalue weighted by Gasteiger charge is 2.07. The second-order valence-electron chi connectivity index (χ2n) is 4.84. The van der Waals surface area contributed by atoms with Gasteiger partial charge >= 0.3 is 0 Å². The third-order valence-corrected chi connectivity index (χ3v) is 2.72. The maximum atomic E-state index is 5.26. The summed E-state index contributed by atoms with van der Waals surface area (Å²) in [6.45, 7) is 9.10. The Morgan fingerprint density at radius 3 is 2.85 bits per heavy atom. The van der Waals surface area contributed by atoms with E-state index >= 15 is 0 Å². The predicted molar refractivity (Wildman–Crippen MR) is 79.9 cm³/mol. The molecule has 0 saturated carbocycles. The molecule has 0 unspecified atom stereocenters. The number of nitrogens with zero attached hydrogens (tertiary/aromatic N) is 2. The van der Waals surface area contributed by atoms with E-state index in [1.54, 1.807) is 7.11 Å². The molecule has 0 fully saturated rings. The summed E-state index contributed by atoms with van der Waals surface area (Å²) in [6.07, 6.45) is 0.945. The molecule has 1 heterocycles. The molecule has 0 spiro atoms. The van der Waals surface area contributed by atoms with Gasteiger partial charge in [0.25, 0.3) is 0 Å². The zero-order valence-corrected chi connectivity index (χ0v) is 12.9. The van der Waals surface area contributed by atoms with Crippen LogP contribution in [0.3, 0.4) is 0 Å². The lowest BCUT2D eigenvalue weighted by Crippen LogP contribution is -2.38. The zero-order chi connectivity index (χ0) is 14.8. The maximum Gasteiger partial charge on any atom is 0.191 e. The van der Waals surface area contributed by atoms with Gasteiger partial charge in [-0.1, -0.05) is 19.0 Å². The number of methoxy groups -OCH3 is 1. The zero-order valence-electron chi connectivity index (χ0n) is 12.9. The molecule has 0 aliphatic heterocycles. The quantitative estimate of drug-likeness (QED) is 0.433. The molecule has 2 N–H and O–H groups in total. The molecule has 0 aliphatic rings. The average Bonchev–Trinajstić information content (AvgIpc) is 2.90. The van der Waals surface area contributed by atoms with Crippen molar-refractivity contribution < 1.29 is 9.26 Å². The molecule has 114 valence electrons. The van der Waals surface area contributed by atoms with E-state index in [0.29, 0.717) is 12.5 Å². The Labute approximate surface area is 121 Å². The number of hydrogen-bond acceptors (Lipinski definition) is 4. The summed E-state index contributed by atoms with van der Waals surface area (Å²) < 4.78 is 10.3. The van der Waals surface area contributed by atoms with E-state index in [1.807, 2.05) is 13.0 Å². The number of nitrogens with one attached hydrogen (secondary N) is 2. The van der Waals surface area contributed by atoms with Crippen LogP contribution in [0.2, 0.25) is 0 Å². The van der Waals surface area contributed by atoms with Crippen LogP contribution in [0.15, 0.2) is 15.6 Å². The highest BCUT2D eigenvalue weighted by atomic mass is 16.5. The fourth-order valence-electron chi connectivity index (χ4n) is 1.60. The summed E-state index contributed by atoms with van der Waals surface area (Å²) in [6, 6.07) is 1.96. The van der Waals surface area contributed by atoms with Crippen LogP contribution in [0.25, 0.3) is 0 Å². The Kier molecular flexibility index (Phi) is 7.72. The molecule has 1 aromatic rings. The average molecular weight is 282 g/mol. The van der Waals surface area contributed by atoms with Crippen molar-refractivity contribution in [1.82, 2.24) is 15.8 Å². The van der Waals surface area contributed by atoms with Crippen LogP contribution in [-0.4, -0.2) is 37.9 Å². The molecule has 0 aromatic carbocycles. The minimum atomic E-state index is 0.372. The van der Waals surface area contributed by atoms with Crippen molar-refractivity contribution >= 4 is 5.96 Å². The second-order valence-corrected chi connectivity index (χ2v) is 4.84. The van der Waals surface area contributed by atoms with Gasteiger partial charge in [0, 0.05) is 32.9 Å². The normalized spacial score (nSPS) is 11.9. The van der Waals surface area contributed by atoms with Gasteiger partial charge in [0.15, 0.2) is 11.7 Å². The smallest absolute Gasteiger partial charge is 0.191 e. The highest BCUT2D eigenvalue weighted by Crippen LogP contribution is 2.14. The van der Waals surface area contributed by atoms with Gasteiger partial charge in [0.1, 0.15) is 6.54 Å². The van der Waals surface area contributed by atoms with Gasteiger partial charge in [-0.3, -0.25) is 0 Å². The Bertz CT molecular complexity index is 402. The summed E-state index contributed by atoms with van der Waals surface area (Å²) in [4.78, 5) is 4.47. The molecule has 0 atom stereocenters. The van der Waals surface area contributed by atoms with Crippen molar-refractivity contribution in [3.63, 3.8) is 0 Å². The molecule has 0 saturated heterocycles. The van der Waals surface area contributed by atoms with Crippen LogP contribution >= 0.6 is 0 Å². The first-order valence-electron chi connectivity index (χ1n) is 7.14. The van der Waals surface area contributed by atoms with E-state index in [9.17, 15) is 0 Å². The van der Waals surface area contributed by atoms with Crippen LogP contribution in [0.1, 0.15) is 44.6 Å². The molecule has 0 bridgehead atoms. The highest BCUT2D eigenvalue weighted by molar-refractivity contribution is 5.79. The topological polar surface area (TPSA) is 71.7 Å². The van der Waals surface area contributed by atoms with Gasteiger partial charge in [0.05, 0.1) is 5.69 Å². The molecule has 6 nitrogen and oxygen atoms in total. The minimum absolute atomic E-state index is 0.372. The summed E-state index contributed by atoms with van der Waals surface area (Å²) >= 11 is 0. The van der Waals surface area contributed by atoms with Gasteiger partial charge in [-0.05, 0) is 19.3 Å². The van der Waals surface area contributed by atoms with Gasteiger partial charge in [-0.15, -0.1) is 0 Å². The van der Waals surface area contributed by atoms with E-state index in [1.165, 1.54) is 0 Å². The van der Waals surface area contributed by atoms with Crippen molar-refractivity contribution in [2.24, 2.45) is 4.99 Å². The molecule has 0 radical (unpaired) electrons. The van der Waals surface area contributed by atoms with E-state index in [0.717, 1.165) is 43.5 Å². The molecule has 20 heavy (non-hydrogen) atoms. The van der Waals surface area contributed by atoms with Gasteiger partial charge in [0.2, 0.25) is 0 Å². The number of hydrogen-bond donors (Lipinski definition) is 2. The van der Waals surface area contributed by atoms with Crippen molar-refractivity contribution in [3.05, 3.63) is 17.5 Å². The SMILES string of the molecule is CCNC(=NCc1cc(C(C)C)no1)NCCCOC. The molecule has 1 aromatic heterocycles. The van der Waals surface area contributed by atoms with E-state index < -0.39 is 0 Å². The van der Waals surface area contributed by atoms with Crippen molar-refractivity contribution in [1.29, 1.82) is 0 Å². The summed E-state index contributed by atoms with van der Waals surface area (Å²) in [5, 5.41) is 10.5. The number of aromatic nitrogens is 1. The molecule has 0 aliphatic carbocycles. The second kappa shape index (κ2) is 9.36. The maximum absolute atomic E-state index is 5.26. The largest absolute Gasteiger partial charge is 0.385 e. The lowest BCUT2D eigenvalue weighted by Gasteiger charge is -2.10.